The molecule has 2 fully saturated rings. The van der Waals surface area contributed by atoms with Gasteiger partial charge in [-0.1, -0.05) is 0 Å². The third-order valence-corrected chi connectivity index (χ3v) is 4.38. The molecule has 2 aliphatic rings. The lowest BCUT2D eigenvalue weighted by molar-refractivity contribution is -0.117. The zero-order chi connectivity index (χ0) is 15.3. The Bertz CT molecular complexity index is 539. The second-order valence-corrected chi connectivity index (χ2v) is 6.69. The molecule has 0 atom stereocenters. The van der Waals surface area contributed by atoms with Gasteiger partial charge in [0, 0.05) is 23.8 Å². The number of carbonyl (C=O) groups is 1. The highest BCUT2D eigenvalue weighted by atomic mass is 16.7. The van der Waals surface area contributed by atoms with Crippen LogP contribution in [0.5, 0.6) is 0 Å². The summed E-state index contributed by atoms with van der Waals surface area (Å²) >= 11 is 0. The number of hydrogen-bond donors (Lipinski definition) is 1. The van der Waals surface area contributed by atoms with Crippen LogP contribution >= 0.6 is 0 Å². The fourth-order valence-corrected chi connectivity index (χ4v) is 2.06. The quantitative estimate of drug-likeness (QED) is 0.844. The van der Waals surface area contributed by atoms with Crippen LogP contribution in [0.4, 0.5) is 5.95 Å². The van der Waals surface area contributed by atoms with Crippen LogP contribution in [0.2, 0.25) is 0 Å². The first-order valence-corrected chi connectivity index (χ1v) is 7.27. The second-order valence-electron chi connectivity index (χ2n) is 6.69. The highest BCUT2D eigenvalue weighted by molar-refractivity contribution is 6.61. The molecule has 0 radical (unpaired) electrons. The van der Waals surface area contributed by atoms with Crippen LogP contribution in [0.3, 0.4) is 0 Å². The molecule has 6 nitrogen and oxygen atoms in total. The second kappa shape index (κ2) is 4.78. The van der Waals surface area contributed by atoms with Gasteiger partial charge in [-0.2, -0.15) is 0 Å². The van der Waals surface area contributed by atoms with E-state index in [0.29, 0.717) is 5.95 Å². The van der Waals surface area contributed by atoms with Crippen molar-refractivity contribution in [3.8, 4) is 0 Å². The van der Waals surface area contributed by atoms with Crippen molar-refractivity contribution in [2.45, 2.75) is 51.7 Å². The van der Waals surface area contributed by atoms with Crippen molar-refractivity contribution in [3.63, 3.8) is 0 Å². The number of anilines is 1. The van der Waals surface area contributed by atoms with Crippen LogP contribution in [0.25, 0.3) is 0 Å². The zero-order valence-electron chi connectivity index (χ0n) is 12.8. The molecule has 0 bridgehead atoms. The summed E-state index contributed by atoms with van der Waals surface area (Å²) < 4.78 is 11.9. The van der Waals surface area contributed by atoms with Crippen molar-refractivity contribution in [1.29, 1.82) is 0 Å². The van der Waals surface area contributed by atoms with Gasteiger partial charge in [0.2, 0.25) is 11.9 Å². The van der Waals surface area contributed by atoms with Crippen LogP contribution < -0.4 is 10.8 Å². The normalized spacial score (nSPS) is 23.1. The van der Waals surface area contributed by atoms with Crippen molar-refractivity contribution in [1.82, 2.24) is 9.97 Å². The number of nitrogens with one attached hydrogen (secondary N) is 1. The monoisotopic (exact) mass is 289 g/mol. The minimum Gasteiger partial charge on any atom is -0.399 e. The first-order valence-electron chi connectivity index (χ1n) is 7.27. The van der Waals surface area contributed by atoms with Gasteiger partial charge in [-0.15, -0.1) is 0 Å². The number of amides is 1. The van der Waals surface area contributed by atoms with Gasteiger partial charge in [0.1, 0.15) is 0 Å². The maximum absolute atomic E-state index is 11.6. The van der Waals surface area contributed by atoms with Crippen molar-refractivity contribution in [2.24, 2.45) is 5.92 Å². The number of aromatic nitrogens is 2. The third-order valence-electron chi connectivity index (χ3n) is 4.38. The summed E-state index contributed by atoms with van der Waals surface area (Å²) in [5.41, 5.74) is -0.0365. The lowest BCUT2D eigenvalue weighted by Gasteiger charge is -2.32. The molecule has 0 unspecified atom stereocenters. The lowest BCUT2D eigenvalue weighted by Crippen LogP contribution is -2.41. The Labute approximate surface area is 124 Å². The molecular formula is C14H20BN3O3. The van der Waals surface area contributed by atoms with Crippen LogP contribution in [-0.4, -0.2) is 34.2 Å². The summed E-state index contributed by atoms with van der Waals surface area (Å²) in [6.07, 6.45) is 5.19. The molecule has 2 heterocycles. The van der Waals surface area contributed by atoms with Crippen LogP contribution in [0.1, 0.15) is 40.5 Å². The molecule has 0 spiro atoms. The van der Waals surface area contributed by atoms with E-state index in [4.69, 9.17) is 9.31 Å². The molecule has 1 aliphatic heterocycles. The maximum Gasteiger partial charge on any atom is 0.498 e. The van der Waals surface area contributed by atoms with Gasteiger partial charge in [-0.3, -0.25) is 10.1 Å². The standard InChI is InChI=1S/C14H20BN3O3/c1-13(2)14(3,4)21-15(20-13)10-7-16-12(17-8-10)18-11(19)9-5-6-9/h7-9H,5-6H2,1-4H3,(H,16,17,18,19). The third kappa shape index (κ3) is 2.80. The molecule has 1 amide bonds. The first-order chi connectivity index (χ1) is 9.78. The molecule has 21 heavy (non-hydrogen) atoms. The predicted molar refractivity (Wildman–Crippen MR) is 79.1 cm³/mol. The molecule has 1 aliphatic carbocycles. The molecular weight excluding hydrogens is 269 g/mol. The van der Waals surface area contributed by atoms with E-state index in [1.54, 1.807) is 12.4 Å². The highest BCUT2D eigenvalue weighted by Crippen LogP contribution is 2.36. The lowest BCUT2D eigenvalue weighted by atomic mass is 9.81. The first kappa shape index (κ1) is 14.5. The summed E-state index contributed by atoms with van der Waals surface area (Å²) in [6.45, 7) is 7.99. The average Bonchev–Trinajstić information content (AvgIpc) is 3.19. The molecule has 1 N–H and O–H groups in total. The molecule has 1 saturated heterocycles. The summed E-state index contributed by atoms with van der Waals surface area (Å²) in [4.78, 5) is 20.0. The maximum atomic E-state index is 11.6. The van der Waals surface area contributed by atoms with E-state index in [-0.39, 0.29) is 11.8 Å². The summed E-state index contributed by atoms with van der Waals surface area (Å²) in [5, 5.41) is 2.71. The molecule has 112 valence electrons. The zero-order valence-corrected chi connectivity index (χ0v) is 12.8. The number of rotatable bonds is 3. The topological polar surface area (TPSA) is 73.3 Å². The van der Waals surface area contributed by atoms with Crippen molar-refractivity contribution in [3.05, 3.63) is 12.4 Å². The van der Waals surface area contributed by atoms with E-state index in [1.165, 1.54) is 0 Å². The Morgan fingerprint density at radius 2 is 1.71 bits per heavy atom. The van der Waals surface area contributed by atoms with Gasteiger partial charge in [0.15, 0.2) is 0 Å². The minimum absolute atomic E-state index is 0.00150. The van der Waals surface area contributed by atoms with Crippen LogP contribution in [-0.2, 0) is 14.1 Å². The van der Waals surface area contributed by atoms with E-state index in [1.807, 2.05) is 27.7 Å². The Morgan fingerprint density at radius 3 is 2.19 bits per heavy atom. The Balaban J connectivity index is 1.68. The van der Waals surface area contributed by atoms with Crippen LogP contribution in [0.15, 0.2) is 12.4 Å². The molecule has 1 aromatic heterocycles. The van der Waals surface area contributed by atoms with Crippen molar-refractivity contribution < 1.29 is 14.1 Å². The van der Waals surface area contributed by atoms with Crippen molar-refractivity contribution in [2.75, 3.05) is 5.32 Å². The van der Waals surface area contributed by atoms with Crippen LogP contribution in [0, 0.1) is 5.92 Å². The van der Waals surface area contributed by atoms with E-state index < -0.39 is 18.3 Å². The molecule has 1 saturated carbocycles. The number of nitrogens with zero attached hydrogens (tertiary/aromatic N) is 2. The molecule has 1 aromatic rings. The largest absolute Gasteiger partial charge is 0.498 e. The van der Waals surface area contributed by atoms with Gasteiger partial charge in [0.05, 0.1) is 11.2 Å². The molecule has 7 heteroatoms. The predicted octanol–water partition coefficient (Wildman–Crippen LogP) is 1.12. The number of hydrogen-bond acceptors (Lipinski definition) is 5. The Kier molecular flexibility index (Phi) is 3.29. The molecule has 0 aromatic carbocycles. The van der Waals surface area contributed by atoms with Gasteiger partial charge in [-0.05, 0) is 40.5 Å². The van der Waals surface area contributed by atoms with Gasteiger partial charge >= 0.3 is 7.12 Å². The fourth-order valence-electron chi connectivity index (χ4n) is 2.06. The smallest absolute Gasteiger partial charge is 0.399 e. The Hall–Kier alpha value is -1.47. The summed E-state index contributed by atoms with van der Waals surface area (Å²) in [7, 11) is -0.483. The van der Waals surface area contributed by atoms with Crippen molar-refractivity contribution >= 4 is 24.4 Å². The average molecular weight is 289 g/mol. The molecule has 3 rings (SSSR count). The Morgan fingerprint density at radius 1 is 1.19 bits per heavy atom. The SMILES string of the molecule is CC1(C)OB(c2cnc(NC(=O)C3CC3)nc2)OC1(C)C. The van der Waals surface area contributed by atoms with E-state index >= 15 is 0 Å². The van der Waals surface area contributed by atoms with E-state index in [9.17, 15) is 4.79 Å². The van der Waals surface area contributed by atoms with Gasteiger partial charge in [0.25, 0.3) is 0 Å². The van der Waals surface area contributed by atoms with Gasteiger partial charge in [-0.25, -0.2) is 9.97 Å². The number of carbonyl (C=O) groups excluding carboxylic acids is 1. The van der Waals surface area contributed by atoms with E-state index in [2.05, 4.69) is 15.3 Å². The minimum atomic E-state index is -0.483. The fraction of sp³-hybridized carbons (Fsp3) is 0.643. The highest BCUT2D eigenvalue weighted by Gasteiger charge is 2.51. The van der Waals surface area contributed by atoms with E-state index in [0.717, 1.165) is 18.3 Å². The summed E-state index contributed by atoms with van der Waals surface area (Å²) in [5.74, 6) is 0.460. The van der Waals surface area contributed by atoms with Gasteiger partial charge < -0.3 is 9.31 Å². The summed E-state index contributed by atoms with van der Waals surface area (Å²) in [6, 6.07) is 0.